The van der Waals surface area contributed by atoms with Gasteiger partial charge in [-0.15, -0.1) is 0 Å². The minimum absolute atomic E-state index is 0.444. The molecule has 96 valence electrons. The van der Waals surface area contributed by atoms with Crippen LogP contribution in [0.4, 0.5) is 0 Å². The van der Waals surface area contributed by atoms with E-state index < -0.39 is 0 Å². The molecule has 1 saturated carbocycles. The molecule has 0 bridgehead atoms. The normalized spacial score (nSPS) is 27.9. The fourth-order valence-electron chi connectivity index (χ4n) is 2.76. The van der Waals surface area contributed by atoms with E-state index in [9.17, 15) is 0 Å². The maximum Gasteiger partial charge on any atom is 0.0481 e. The highest BCUT2D eigenvalue weighted by atomic mass is 16.5. The molecule has 0 saturated heterocycles. The molecule has 0 aromatic rings. The number of rotatable bonds is 7. The molecule has 3 atom stereocenters. The summed E-state index contributed by atoms with van der Waals surface area (Å²) in [5.41, 5.74) is 2.99. The monoisotopic (exact) mass is 228 g/mol. The van der Waals surface area contributed by atoms with E-state index in [-0.39, 0.29) is 0 Å². The van der Waals surface area contributed by atoms with Crippen molar-refractivity contribution in [2.45, 2.75) is 58.4 Å². The molecule has 3 unspecified atom stereocenters. The fourth-order valence-corrected chi connectivity index (χ4v) is 2.76. The molecule has 0 heterocycles. The van der Waals surface area contributed by atoms with Crippen LogP contribution in [0, 0.1) is 11.8 Å². The lowest BCUT2D eigenvalue weighted by molar-refractivity contribution is 0.109. The van der Waals surface area contributed by atoms with E-state index in [0.717, 1.165) is 37.9 Å². The smallest absolute Gasteiger partial charge is 0.0481 e. The Hall–Kier alpha value is -0.120. The maximum atomic E-state index is 5.66. The summed E-state index contributed by atoms with van der Waals surface area (Å²) in [6, 6.07) is 0.444. The van der Waals surface area contributed by atoms with E-state index in [1.54, 1.807) is 0 Å². The second-order valence-corrected chi connectivity index (χ2v) is 5.21. The zero-order chi connectivity index (χ0) is 11.8. The molecule has 1 aliphatic rings. The standard InChI is InChI=1S/C13H28N2O/c1-3-8-16-9-7-13(15-14)12-6-4-5-11(2)10-12/h11-13,15H,3-10,14H2,1-2H3. The molecule has 16 heavy (non-hydrogen) atoms. The largest absolute Gasteiger partial charge is 0.381 e. The molecule has 0 spiro atoms. The number of hydrazine groups is 1. The van der Waals surface area contributed by atoms with Gasteiger partial charge in [-0.05, 0) is 37.5 Å². The van der Waals surface area contributed by atoms with Crippen molar-refractivity contribution in [3.8, 4) is 0 Å². The minimum atomic E-state index is 0.444. The summed E-state index contributed by atoms with van der Waals surface area (Å²) in [4.78, 5) is 0. The van der Waals surface area contributed by atoms with Gasteiger partial charge < -0.3 is 4.74 Å². The van der Waals surface area contributed by atoms with Crippen LogP contribution in [-0.4, -0.2) is 19.3 Å². The van der Waals surface area contributed by atoms with Gasteiger partial charge in [0, 0.05) is 19.3 Å². The lowest BCUT2D eigenvalue weighted by Gasteiger charge is -2.32. The molecule has 0 aliphatic heterocycles. The van der Waals surface area contributed by atoms with Crippen molar-refractivity contribution in [1.82, 2.24) is 5.43 Å². The minimum Gasteiger partial charge on any atom is -0.381 e. The van der Waals surface area contributed by atoms with E-state index in [1.807, 2.05) is 0 Å². The van der Waals surface area contributed by atoms with Gasteiger partial charge in [0.15, 0.2) is 0 Å². The topological polar surface area (TPSA) is 47.3 Å². The first-order chi connectivity index (χ1) is 7.77. The van der Waals surface area contributed by atoms with Gasteiger partial charge in [-0.3, -0.25) is 11.3 Å². The fraction of sp³-hybridized carbons (Fsp3) is 1.00. The van der Waals surface area contributed by atoms with Crippen LogP contribution in [0.5, 0.6) is 0 Å². The number of ether oxygens (including phenoxy) is 1. The van der Waals surface area contributed by atoms with Crippen molar-refractivity contribution in [2.75, 3.05) is 13.2 Å². The quantitative estimate of drug-likeness (QED) is 0.400. The molecular weight excluding hydrogens is 200 g/mol. The predicted octanol–water partition coefficient (Wildman–Crippen LogP) is 2.46. The Morgan fingerprint density at radius 1 is 1.38 bits per heavy atom. The molecule has 0 amide bonds. The highest BCUT2D eigenvalue weighted by molar-refractivity contribution is 4.80. The summed E-state index contributed by atoms with van der Waals surface area (Å²) in [6.07, 6.45) is 7.55. The van der Waals surface area contributed by atoms with Crippen LogP contribution in [0.25, 0.3) is 0 Å². The summed E-state index contributed by atoms with van der Waals surface area (Å²) in [5.74, 6) is 7.27. The van der Waals surface area contributed by atoms with Gasteiger partial charge in [0.05, 0.1) is 0 Å². The summed E-state index contributed by atoms with van der Waals surface area (Å²) in [7, 11) is 0. The average molecular weight is 228 g/mol. The van der Waals surface area contributed by atoms with E-state index in [2.05, 4.69) is 19.3 Å². The molecule has 0 aromatic carbocycles. The van der Waals surface area contributed by atoms with Crippen molar-refractivity contribution in [1.29, 1.82) is 0 Å². The van der Waals surface area contributed by atoms with Gasteiger partial charge in [0.1, 0.15) is 0 Å². The van der Waals surface area contributed by atoms with E-state index in [1.165, 1.54) is 25.7 Å². The number of hydrogen-bond donors (Lipinski definition) is 2. The summed E-state index contributed by atoms with van der Waals surface area (Å²) in [5, 5.41) is 0. The molecule has 3 heteroatoms. The number of nitrogens with one attached hydrogen (secondary N) is 1. The second kappa shape index (κ2) is 8.04. The Labute approximate surface area is 100 Å². The van der Waals surface area contributed by atoms with Crippen molar-refractivity contribution in [3.05, 3.63) is 0 Å². The third-order valence-corrected chi connectivity index (χ3v) is 3.68. The van der Waals surface area contributed by atoms with Crippen LogP contribution < -0.4 is 11.3 Å². The van der Waals surface area contributed by atoms with Crippen molar-refractivity contribution in [2.24, 2.45) is 17.7 Å². The van der Waals surface area contributed by atoms with Gasteiger partial charge in [-0.1, -0.05) is 26.7 Å². The van der Waals surface area contributed by atoms with Gasteiger partial charge in [-0.25, -0.2) is 0 Å². The van der Waals surface area contributed by atoms with Crippen molar-refractivity contribution in [3.63, 3.8) is 0 Å². The molecular formula is C13H28N2O. The number of nitrogens with two attached hydrogens (primary N) is 1. The zero-order valence-corrected chi connectivity index (χ0v) is 10.9. The Bertz CT molecular complexity index is 175. The predicted molar refractivity (Wildman–Crippen MR) is 68.0 cm³/mol. The Kier molecular flexibility index (Phi) is 7.01. The molecule has 1 fully saturated rings. The van der Waals surface area contributed by atoms with Gasteiger partial charge in [-0.2, -0.15) is 0 Å². The van der Waals surface area contributed by atoms with E-state index in [4.69, 9.17) is 10.6 Å². The van der Waals surface area contributed by atoms with Gasteiger partial charge >= 0.3 is 0 Å². The first-order valence-corrected chi connectivity index (χ1v) is 6.81. The van der Waals surface area contributed by atoms with Crippen LogP contribution >= 0.6 is 0 Å². The van der Waals surface area contributed by atoms with Crippen molar-refractivity contribution >= 4 is 0 Å². The van der Waals surface area contributed by atoms with Crippen molar-refractivity contribution < 1.29 is 4.74 Å². The lowest BCUT2D eigenvalue weighted by atomic mass is 9.78. The van der Waals surface area contributed by atoms with E-state index >= 15 is 0 Å². The summed E-state index contributed by atoms with van der Waals surface area (Å²) >= 11 is 0. The van der Waals surface area contributed by atoms with E-state index in [0.29, 0.717) is 6.04 Å². The van der Waals surface area contributed by atoms with Crippen LogP contribution in [0.2, 0.25) is 0 Å². The first kappa shape index (κ1) is 13.9. The third-order valence-electron chi connectivity index (χ3n) is 3.68. The highest BCUT2D eigenvalue weighted by Gasteiger charge is 2.25. The Morgan fingerprint density at radius 3 is 2.81 bits per heavy atom. The molecule has 3 N–H and O–H groups in total. The van der Waals surface area contributed by atoms with Crippen LogP contribution in [0.1, 0.15) is 52.4 Å². The van der Waals surface area contributed by atoms with Crippen LogP contribution in [0.3, 0.4) is 0 Å². The molecule has 0 aromatic heterocycles. The van der Waals surface area contributed by atoms with Gasteiger partial charge in [0.25, 0.3) is 0 Å². The van der Waals surface area contributed by atoms with Gasteiger partial charge in [0.2, 0.25) is 0 Å². The third kappa shape index (κ3) is 4.81. The Morgan fingerprint density at radius 2 is 2.19 bits per heavy atom. The average Bonchev–Trinajstić information content (AvgIpc) is 2.29. The first-order valence-electron chi connectivity index (χ1n) is 6.81. The molecule has 1 rings (SSSR count). The molecule has 0 radical (unpaired) electrons. The summed E-state index contributed by atoms with van der Waals surface area (Å²) < 4.78 is 5.54. The summed E-state index contributed by atoms with van der Waals surface area (Å²) in [6.45, 7) is 6.21. The number of hydrogen-bond acceptors (Lipinski definition) is 3. The van der Waals surface area contributed by atoms with Crippen LogP contribution in [-0.2, 0) is 4.74 Å². The SMILES string of the molecule is CCCOCCC(NN)C1CCCC(C)C1. The molecule has 3 nitrogen and oxygen atoms in total. The molecule has 1 aliphatic carbocycles. The Balaban J connectivity index is 2.23. The highest BCUT2D eigenvalue weighted by Crippen LogP contribution is 2.31. The maximum absolute atomic E-state index is 5.66. The van der Waals surface area contributed by atoms with Crippen LogP contribution in [0.15, 0.2) is 0 Å². The second-order valence-electron chi connectivity index (χ2n) is 5.21. The lowest BCUT2D eigenvalue weighted by Crippen LogP contribution is -2.43. The zero-order valence-electron chi connectivity index (χ0n) is 10.9.